The fourth-order valence-corrected chi connectivity index (χ4v) is 1.80. The van der Waals surface area contributed by atoms with Crippen molar-refractivity contribution in [3.05, 3.63) is 27.4 Å². The molecular weight excluding hydrogens is 242 g/mol. The zero-order valence-electron chi connectivity index (χ0n) is 10.2. The highest BCUT2D eigenvalue weighted by atomic mass is 35.5. The predicted octanol–water partition coefficient (Wildman–Crippen LogP) is 3.27. The Morgan fingerprint density at radius 3 is 2.65 bits per heavy atom. The molecule has 17 heavy (non-hydrogen) atoms. The minimum atomic E-state index is -0.457. The van der Waals surface area contributed by atoms with Gasteiger partial charge in [-0.2, -0.15) is 0 Å². The van der Waals surface area contributed by atoms with E-state index in [2.05, 4.69) is 4.98 Å². The first-order valence-corrected chi connectivity index (χ1v) is 5.92. The number of nitrogens with zero attached hydrogens (tertiary/aromatic N) is 3. The summed E-state index contributed by atoms with van der Waals surface area (Å²) in [5.41, 5.74) is -0.0262. The van der Waals surface area contributed by atoms with Gasteiger partial charge < -0.3 is 4.90 Å². The van der Waals surface area contributed by atoms with Crippen molar-refractivity contribution in [1.29, 1.82) is 0 Å². The van der Waals surface area contributed by atoms with Crippen LogP contribution in [0.4, 0.5) is 11.5 Å². The van der Waals surface area contributed by atoms with E-state index >= 15 is 0 Å². The van der Waals surface area contributed by atoms with Crippen LogP contribution in [0.5, 0.6) is 0 Å². The molecule has 0 N–H and O–H groups in total. The van der Waals surface area contributed by atoms with E-state index in [4.69, 9.17) is 11.6 Å². The molecule has 1 heterocycles. The molecule has 1 rings (SSSR count). The molecule has 0 unspecified atom stereocenters. The summed E-state index contributed by atoms with van der Waals surface area (Å²) in [5, 5.41) is 10.9. The predicted molar refractivity (Wildman–Crippen MR) is 68.7 cm³/mol. The first kappa shape index (κ1) is 13.7. The average molecular weight is 258 g/mol. The van der Waals surface area contributed by atoms with Gasteiger partial charge in [0.05, 0.1) is 17.1 Å². The number of rotatable bonds is 5. The van der Waals surface area contributed by atoms with Crippen molar-refractivity contribution in [1.82, 2.24) is 4.98 Å². The van der Waals surface area contributed by atoms with Crippen LogP contribution in [-0.4, -0.2) is 22.5 Å². The maximum absolute atomic E-state index is 10.8. The minimum absolute atomic E-state index is 0.0262. The molecule has 5 nitrogen and oxygen atoms in total. The van der Waals surface area contributed by atoms with E-state index in [0.29, 0.717) is 5.82 Å². The van der Waals surface area contributed by atoms with Crippen molar-refractivity contribution >= 4 is 23.1 Å². The molecule has 0 saturated heterocycles. The lowest BCUT2D eigenvalue weighted by atomic mass is 10.2. The molecule has 0 amide bonds. The fraction of sp³-hybridized carbons (Fsp3) is 0.545. The number of pyridine rings is 1. The van der Waals surface area contributed by atoms with Gasteiger partial charge in [0.15, 0.2) is 0 Å². The smallest absolute Gasteiger partial charge is 0.276 e. The molecule has 0 aliphatic rings. The van der Waals surface area contributed by atoms with Crippen molar-refractivity contribution in [2.24, 2.45) is 0 Å². The minimum Gasteiger partial charge on any atom is -0.354 e. The molecule has 0 fully saturated rings. The lowest BCUT2D eigenvalue weighted by molar-refractivity contribution is -0.384. The maximum atomic E-state index is 10.8. The summed E-state index contributed by atoms with van der Waals surface area (Å²) in [6.07, 6.45) is 0.945. The van der Waals surface area contributed by atoms with Gasteiger partial charge in [-0.1, -0.05) is 18.5 Å². The topological polar surface area (TPSA) is 59.3 Å². The molecule has 0 spiro atoms. The van der Waals surface area contributed by atoms with Gasteiger partial charge in [-0.15, -0.1) is 0 Å². The summed E-state index contributed by atoms with van der Waals surface area (Å²) in [6, 6.07) is 2.94. The van der Waals surface area contributed by atoms with Crippen LogP contribution in [0.25, 0.3) is 0 Å². The third kappa shape index (κ3) is 3.56. The Bertz CT molecular complexity index is 410. The highest BCUT2D eigenvalue weighted by Crippen LogP contribution is 2.24. The van der Waals surface area contributed by atoms with Gasteiger partial charge in [-0.3, -0.25) is 10.1 Å². The van der Waals surface area contributed by atoms with Crippen LogP contribution in [0.2, 0.25) is 5.15 Å². The second-order valence-electron chi connectivity index (χ2n) is 4.05. The van der Waals surface area contributed by atoms with E-state index in [1.807, 2.05) is 25.7 Å². The summed E-state index contributed by atoms with van der Waals surface area (Å²) in [5.74, 6) is 0.557. The second kappa shape index (κ2) is 5.82. The van der Waals surface area contributed by atoms with Crippen molar-refractivity contribution < 1.29 is 4.92 Å². The first-order valence-electron chi connectivity index (χ1n) is 5.54. The summed E-state index contributed by atoms with van der Waals surface area (Å²) < 4.78 is 0. The number of hydrogen-bond donors (Lipinski definition) is 0. The van der Waals surface area contributed by atoms with E-state index < -0.39 is 4.92 Å². The standard InChI is InChI=1S/C11H16ClN3O2/c1-4-5-14(8(2)3)11-7-9(15(16)17)6-10(12)13-11/h6-8H,4-5H2,1-3H3. The Kier molecular flexibility index (Phi) is 4.69. The Hall–Kier alpha value is -1.36. The number of hydrogen-bond acceptors (Lipinski definition) is 4. The third-order valence-electron chi connectivity index (χ3n) is 2.36. The van der Waals surface area contributed by atoms with Gasteiger partial charge in [-0.25, -0.2) is 4.98 Å². The van der Waals surface area contributed by atoms with Crippen LogP contribution in [0, 0.1) is 10.1 Å². The van der Waals surface area contributed by atoms with E-state index in [-0.39, 0.29) is 16.9 Å². The lowest BCUT2D eigenvalue weighted by Gasteiger charge is -2.27. The van der Waals surface area contributed by atoms with E-state index in [9.17, 15) is 10.1 Å². The fourth-order valence-electron chi connectivity index (χ4n) is 1.60. The maximum Gasteiger partial charge on any atom is 0.276 e. The molecule has 0 radical (unpaired) electrons. The second-order valence-corrected chi connectivity index (χ2v) is 4.44. The van der Waals surface area contributed by atoms with Crippen LogP contribution < -0.4 is 4.90 Å². The summed E-state index contributed by atoms with van der Waals surface area (Å²) >= 11 is 5.80. The molecule has 1 aromatic heterocycles. The molecule has 1 aromatic rings. The summed E-state index contributed by atoms with van der Waals surface area (Å²) in [6.45, 7) is 6.88. The zero-order valence-corrected chi connectivity index (χ0v) is 10.9. The lowest BCUT2D eigenvalue weighted by Crippen LogP contribution is -2.32. The normalized spacial score (nSPS) is 10.6. The van der Waals surface area contributed by atoms with Gasteiger partial charge >= 0.3 is 0 Å². The Labute approximate surface area is 106 Å². The monoisotopic (exact) mass is 257 g/mol. The van der Waals surface area contributed by atoms with E-state index in [0.717, 1.165) is 13.0 Å². The molecule has 0 aliphatic heterocycles. The largest absolute Gasteiger partial charge is 0.354 e. The van der Waals surface area contributed by atoms with Gasteiger partial charge in [0.25, 0.3) is 5.69 Å². The molecule has 6 heteroatoms. The van der Waals surface area contributed by atoms with E-state index in [1.54, 1.807) is 0 Å². The number of nitro groups is 1. The molecule has 94 valence electrons. The van der Waals surface area contributed by atoms with Gasteiger partial charge in [0.1, 0.15) is 11.0 Å². The molecular formula is C11H16ClN3O2. The van der Waals surface area contributed by atoms with Crippen LogP contribution >= 0.6 is 11.6 Å². The Balaban J connectivity index is 3.14. The summed E-state index contributed by atoms with van der Waals surface area (Å²) in [7, 11) is 0. The van der Waals surface area contributed by atoms with Crippen molar-refractivity contribution in [2.75, 3.05) is 11.4 Å². The van der Waals surface area contributed by atoms with Gasteiger partial charge in [-0.05, 0) is 20.3 Å². The van der Waals surface area contributed by atoms with Crippen LogP contribution in [0.3, 0.4) is 0 Å². The molecule has 0 aliphatic carbocycles. The van der Waals surface area contributed by atoms with Crippen LogP contribution in [0.1, 0.15) is 27.2 Å². The van der Waals surface area contributed by atoms with Crippen molar-refractivity contribution in [3.63, 3.8) is 0 Å². The Morgan fingerprint density at radius 2 is 2.18 bits per heavy atom. The average Bonchev–Trinajstić information content (AvgIpc) is 2.24. The SMILES string of the molecule is CCCN(c1cc([N+](=O)[O-])cc(Cl)n1)C(C)C. The van der Waals surface area contributed by atoms with Crippen LogP contribution in [0.15, 0.2) is 12.1 Å². The van der Waals surface area contributed by atoms with Crippen molar-refractivity contribution in [3.8, 4) is 0 Å². The van der Waals surface area contributed by atoms with Gasteiger partial charge in [0.2, 0.25) is 0 Å². The van der Waals surface area contributed by atoms with Crippen molar-refractivity contribution in [2.45, 2.75) is 33.2 Å². The number of anilines is 1. The Morgan fingerprint density at radius 1 is 1.53 bits per heavy atom. The molecule has 0 atom stereocenters. The number of halogens is 1. The molecule has 0 aromatic carbocycles. The zero-order chi connectivity index (χ0) is 13.0. The third-order valence-corrected chi connectivity index (χ3v) is 2.55. The number of aromatic nitrogens is 1. The summed E-state index contributed by atoms with van der Waals surface area (Å²) in [4.78, 5) is 16.4. The highest BCUT2D eigenvalue weighted by Gasteiger charge is 2.16. The first-order chi connectivity index (χ1) is 7.95. The quantitative estimate of drug-likeness (QED) is 0.461. The van der Waals surface area contributed by atoms with E-state index in [1.165, 1.54) is 12.1 Å². The molecule has 0 saturated carbocycles. The molecule has 0 bridgehead atoms. The van der Waals surface area contributed by atoms with Crippen LogP contribution in [-0.2, 0) is 0 Å². The highest BCUT2D eigenvalue weighted by molar-refractivity contribution is 6.29. The van der Waals surface area contributed by atoms with Gasteiger partial charge in [0, 0.05) is 12.6 Å².